The van der Waals surface area contributed by atoms with E-state index in [1.54, 1.807) is 23.1 Å². The number of hydrogen-bond acceptors (Lipinski definition) is 6. The number of anilines is 1. The number of carbonyl (C=O) groups is 2. The number of benzene rings is 1. The number of aromatic nitrogens is 1. The molecule has 3 aromatic rings. The fraction of sp³-hybridized carbons (Fsp3) is 0.286. The molecule has 1 saturated heterocycles. The topological polar surface area (TPSA) is 104 Å². The summed E-state index contributed by atoms with van der Waals surface area (Å²) in [5.41, 5.74) is 0.894. The normalized spacial score (nSPS) is 16.1. The lowest BCUT2D eigenvalue weighted by Gasteiger charge is -2.35. The summed E-state index contributed by atoms with van der Waals surface area (Å²) in [4.78, 5) is 30.6. The summed E-state index contributed by atoms with van der Waals surface area (Å²) in [6.07, 6.45) is 2.98. The van der Waals surface area contributed by atoms with Crippen molar-refractivity contribution in [1.82, 2.24) is 15.2 Å². The number of aliphatic hydroxyl groups excluding tert-OH is 1. The van der Waals surface area contributed by atoms with Crippen LogP contribution in [0, 0.1) is 5.82 Å². The van der Waals surface area contributed by atoms with Crippen molar-refractivity contribution in [2.75, 3.05) is 18.4 Å². The Bertz CT molecular complexity index is 1170. The third-order valence-electron chi connectivity index (χ3n) is 5.06. The average Bonchev–Trinajstić information content (AvgIpc) is 3.41. The first-order valence-corrected chi connectivity index (χ1v) is 10.7. The van der Waals surface area contributed by atoms with Gasteiger partial charge in [0, 0.05) is 43.1 Å². The highest BCUT2D eigenvalue weighted by Crippen LogP contribution is 2.36. The molecule has 1 aliphatic carbocycles. The SMILES string of the molecule is O=C(Nc1ccc(Oc2ccnc3cc(C(=O)N4CC(O)C4)sc23)c(F)c1)NC1CC1. The highest BCUT2D eigenvalue weighted by Gasteiger charge is 2.30. The van der Waals surface area contributed by atoms with Crippen LogP contribution in [0.2, 0.25) is 0 Å². The van der Waals surface area contributed by atoms with Gasteiger partial charge in [0.2, 0.25) is 0 Å². The lowest BCUT2D eigenvalue weighted by molar-refractivity contribution is 0.00623. The van der Waals surface area contributed by atoms with E-state index >= 15 is 0 Å². The number of thiophene rings is 1. The molecule has 1 aromatic carbocycles. The van der Waals surface area contributed by atoms with Crippen LogP contribution < -0.4 is 15.4 Å². The number of rotatable bonds is 5. The van der Waals surface area contributed by atoms with Crippen molar-refractivity contribution >= 4 is 39.2 Å². The number of aliphatic hydroxyl groups is 1. The van der Waals surface area contributed by atoms with Crippen molar-refractivity contribution in [2.24, 2.45) is 0 Å². The van der Waals surface area contributed by atoms with Gasteiger partial charge >= 0.3 is 6.03 Å². The summed E-state index contributed by atoms with van der Waals surface area (Å²) < 4.78 is 21.0. The first kappa shape index (κ1) is 19.7. The van der Waals surface area contributed by atoms with Crippen LogP contribution in [0.3, 0.4) is 0 Å². The quantitative estimate of drug-likeness (QED) is 0.562. The van der Waals surface area contributed by atoms with E-state index in [2.05, 4.69) is 15.6 Å². The number of urea groups is 1. The molecule has 0 bridgehead atoms. The number of halogens is 1. The molecule has 10 heteroatoms. The highest BCUT2D eigenvalue weighted by atomic mass is 32.1. The van der Waals surface area contributed by atoms with E-state index in [0.717, 1.165) is 12.8 Å². The van der Waals surface area contributed by atoms with Gasteiger partial charge in [-0.25, -0.2) is 9.18 Å². The van der Waals surface area contributed by atoms with Crippen molar-refractivity contribution in [3.63, 3.8) is 0 Å². The van der Waals surface area contributed by atoms with E-state index in [1.807, 2.05) is 0 Å². The minimum atomic E-state index is -0.628. The molecule has 1 aliphatic heterocycles. The molecule has 160 valence electrons. The van der Waals surface area contributed by atoms with Gasteiger partial charge < -0.3 is 25.4 Å². The van der Waals surface area contributed by atoms with Crippen LogP contribution in [0.25, 0.3) is 10.2 Å². The number of amides is 3. The number of β-amino-alcohol motifs (C(OH)–C–C–N with tert-alkyl or cyclic N) is 1. The lowest BCUT2D eigenvalue weighted by atomic mass is 10.1. The van der Waals surface area contributed by atoms with E-state index in [1.165, 1.54) is 29.7 Å². The van der Waals surface area contributed by atoms with Gasteiger partial charge in [0.05, 0.1) is 21.2 Å². The summed E-state index contributed by atoms with van der Waals surface area (Å²) in [7, 11) is 0. The molecule has 0 radical (unpaired) electrons. The average molecular weight is 442 g/mol. The standard InChI is InChI=1S/C21H19FN4O4S/c22-14-7-12(25-21(29)24-11-1-2-11)3-4-16(14)30-17-5-6-23-15-8-18(31-19(15)17)20(28)26-9-13(27)10-26/h3-8,11,13,27H,1-2,9-10H2,(H2,24,25,29). The molecule has 3 heterocycles. The number of ether oxygens (including phenoxy) is 1. The minimum absolute atomic E-state index is 0.00667. The molecule has 2 aliphatic rings. The van der Waals surface area contributed by atoms with Crippen molar-refractivity contribution in [1.29, 1.82) is 0 Å². The molecule has 2 aromatic heterocycles. The molecular formula is C21H19FN4O4S. The molecular weight excluding hydrogens is 423 g/mol. The largest absolute Gasteiger partial charge is 0.453 e. The first-order chi connectivity index (χ1) is 15.0. The maximum atomic E-state index is 14.6. The van der Waals surface area contributed by atoms with Crippen LogP contribution in [0.15, 0.2) is 36.5 Å². The minimum Gasteiger partial charge on any atom is -0.453 e. The Labute approximate surface area is 180 Å². The van der Waals surface area contributed by atoms with Gasteiger partial charge in [-0.2, -0.15) is 0 Å². The molecule has 3 N–H and O–H groups in total. The molecule has 0 unspecified atom stereocenters. The fourth-order valence-electron chi connectivity index (χ4n) is 3.24. The van der Waals surface area contributed by atoms with Crippen LogP contribution in [-0.4, -0.2) is 52.2 Å². The summed E-state index contributed by atoms with van der Waals surface area (Å²) in [5.74, 6) is -0.432. The van der Waals surface area contributed by atoms with Gasteiger partial charge in [-0.05, 0) is 31.0 Å². The Morgan fingerprint density at radius 2 is 2.00 bits per heavy atom. The number of carbonyl (C=O) groups excluding carboxylic acids is 2. The number of pyridine rings is 1. The third kappa shape index (κ3) is 4.17. The summed E-state index contributed by atoms with van der Waals surface area (Å²) >= 11 is 1.21. The van der Waals surface area contributed by atoms with Crippen molar-refractivity contribution < 1.29 is 23.8 Å². The Kier molecular flexibility index (Phi) is 4.95. The van der Waals surface area contributed by atoms with Gasteiger partial charge in [0.15, 0.2) is 11.6 Å². The van der Waals surface area contributed by atoms with E-state index in [4.69, 9.17) is 4.74 Å². The van der Waals surface area contributed by atoms with E-state index < -0.39 is 11.9 Å². The molecule has 31 heavy (non-hydrogen) atoms. The third-order valence-corrected chi connectivity index (χ3v) is 6.19. The second-order valence-electron chi connectivity index (χ2n) is 7.62. The van der Waals surface area contributed by atoms with Gasteiger partial charge in [0.25, 0.3) is 5.91 Å². The Balaban J connectivity index is 1.33. The van der Waals surface area contributed by atoms with Crippen LogP contribution >= 0.6 is 11.3 Å². The van der Waals surface area contributed by atoms with Crippen molar-refractivity contribution in [3.05, 3.63) is 47.2 Å². The maximum Gasteiger partial charge on any atom is 0.319 e. The Hall–Kier alpha value is -3.24. The summed E-state index contributed by atoms with van der Waals surface area (Å²) in [5, 5.41) is 14.8. The number of nitrogens with one attached hydrogen (secondary N) is 2. The molecule has 0 atom stereocenters. The zero-order valence-electron chi connectivity index (χ0n) is 16.3. The molecule has 0 spiro atoms. The summed E-state index contributed by atoms with van der Waals surface area (Å²) in [6, 6.07) is 7.31. The second-order valence-corrected chi connectivity index (χ2v) is 8.67. The predicted octanol–water partition coefficient (Wildman–Crippen LogP) is 3.33. The predicted molar refractivity (Wildman–Crippen MR) is 113 cm³/mol. The zero-order chi connectivity index (χ0) is 21.5. The van der Waals surface area contributed by atoms with Gasteiger partial charge in [-0.15, -0.1) is 11.3 Å². The van der Waals surface area contributed by atoms with E-state index in [9.17, 15) is 19.1 Å². The monoisotopic (exact) mass is 442 g/mol. The molecule has 3 amide bonds. The number of likely N-dealkylation sites (tertiary alicyclic amines) is 1. The fourth-order valence-corrected chi connectivity index (χ4v) is 4.27. The van der Waals surface area contributed by atoms with Crippen LogP contribution in [-0.2, 0) is 0 Å². The van der Waals surface area contributed by atoms with Crippen LogP contribution in [0.5, 0.6) is 11.5 Å². The Morgan fingerprint density at radius 3 is 2.71 bits per heavy atom. The number of hydrogen-bond donors (Lipinski definition) is 3. The molecule has 5 rings (SSSR count). The first-order valence-electron chi connectivity index (χ1n) is 9.87. The van der Waals surface area contributed by atoms with Crippen molar-refractivity contribution in [2.45, 2.75) is 25.0 Å². The highest BCUT2D eigenvalue weighted by molar-refractivity contribution is 7.21. The Morgan fingerprint density at radius 1 is 1.19 bits per heavy atom. The van der Waals surface area contributed by atoms with Crippen LogP contribution in [0.4, 0.5) is 14.9 Å². The van der Waals surface area contributed by atoms with Crippen LogP contribution in [0.1, 0.15) is 22.5 Å². The molecule has 1 saturated carbocycles. The van der Waals surface area contributed by atoms with Gasteiger partial charge in [0.1, 0.15) is 5.75 Å². The van der Waals surface area contributed by atoms with Crippen molar-refractivity contribution in [3.8, 4) is 11.5 Å². The lowest BCUT2D eigenvalue weighted by Crippen LogP contribution is -2.53. The molecule has 2 fully saturated rings. The van der Waals surface area contributed by atoms with E-state index in [-0.39, 0.29) is 23.7 Å². The maximum absolute atomic E-state index is 14.6. The summed E-state index contributed by atoms with van der Waals surface area (Å²) in [6.45, 7) is 0.627. The van der Waals surface area contributed by atoms with Gasteiger partial charge in [-0.1, -0.05) is 0 Å². The smallest absolute Gasteiger partial charge is 0.319 e. The zero-order valence-corrected chi connectivity index (χ0v) is 17.1. The number of nitrogens with zero attached hydrogens (tertiary/aromatic N) is 2. The van der Waals surface area contributed by atoms with Gasteiger partial charge in [-0.3, -0.25) is 9.78 Å². The molecule has 8 nitrogen and oxygen atoms in total. The van der Waals surface area contributed by atoms with E-state index in [0.29, 0.717) is 39.6 Å². The number of fused-ring (bicyclic) bond motifs is 1. The second kappa shape index (κ2) is 7.78.